The normalized spacial score (nSPS) is 35.5. The van der Waals surface area contributed by atoms with Gasteiger partial charge < -0.3 is 19.7 Å². The lowest BCUT2D eigenvalue weighted by Crippen LogP contribution is -2.19. The molecule has 2 aliphatic rings. The summed E-state index contributed by atoms with van der Waals surface area (Å²) in [5, 5.41) is 18.1. The Balaban J connectivity index is 2.31. The van der Waals surface area contributed by atoms with Crippen molar-refractivity contribution in [1.82, 2.24) is 0 Å². The van der Waals surface area contributed by atoms with Crippen LogP contribution in [0.5, 0.6) is 0 Å². The average molecular weight is 156 g/mol. The van der Waals surface area contributed by atoms with Crippen molar-refractivity contribution in [3.63, 3.8) is 0 Å². The maximum atomic E-state index is 9.17. The molecule has 0 aliphatic carbocycles. The number of fused-ring (bicyclic) bond motifs is 1. The number of hydrogen-bond acceptors (Lipinski definition) is 4. The topological polar surface area (TPSA) is 58.9 Å². The summed E-state index contributed by atoms with van der Waals surface area (Å²) in [5.41, 5.74) is 0.517. The van der Waals surface area contributed by atoms with Crippen molar-refractivity contribution in [2.75, 3.05) is 6.61 Å². The summed E-state index contributed by atoms with van der Waals surface area (Å²) in [5.74, 6) is 0.524. The van der Waals surface area contributed by atoms with Gasteiger partial charge in [0.05, 0.1) is 12.2 Å². The van der Waals surface area contributed by atoms with Crippen LogP contribution in [-0.2, 0) is 9.47 Å². The molecule has 0 bridgehead atoms. The molecule has 0 aromatic heterocycles. The minimum absolute atomic E-state index is 0.320. The molecule has 0 amide bonds. The first kappa shape index (κ1) is 6.84. The molecule has 0 saturated heterocycles. The lowest BCUT2D eigenvalue weighted by Gasteiger charge is -2.17. The largest absolute Gasteiger partial charge is 0.461 e. The number of aliphatic hydroxyl groups is 2. The molecule has 0 radical (unpaired) electrons. The first-order valence-electron chi connectivity index (χ1n) is 3.34. The van der Waals surface area contributed by atoms with Gasteiger partial charge in [0.15, 0.2) is 6.29 Å². The first-order valence-corrected chi connectivity index (χ1v) is 3.34. The molecule has 2 unspecified atom stereocenters. The molecule has 11 heavy (non-hydrogen) atoms. The van der Waals surface area contributed by atoms with E-state index >= 15 is 0 Å². The summed E-state index contributed by atoms with van der Waals surface area (Å²) < 4.78 is 9.78. The van der Waals surface area contributed by atoms with E-state index < -0.39 is 12.6 Å². The third kappa shape index (κ3) is 1.05. The Morgan fingerprint density at radius 3 is 3.00 bits per heavy atom. The fourth-order valence-electron chi connectivity index (χ4n) is 1.14. The number of hydrogen-bond donors (Lipinski definition) is 2. The van der Waals surface area contributed by atoms with Crippen LogP contribution in [-0.4, -0.2) is 29.4 Å². The molecule has 4 heteroatoms. The van der Waals surface area contributed by atoms with Crippen LogP contribution >= 0.6 is 0 Å². The Kier molecular flexibility index (Phi) is 1.45. The van der Waals surface area contributed by atoms with E-state index in [9.17, 15) is 5.11 Å². The highest BCUT2D eigenvalue weighted by molar-refractivity contribution is 5.34. The van der Waals surface area contributed by atoms with Crippen molar-refractivity contribution < 1.29 is 19.7 Å². The van der Waals surface area contributed by atoms with Crippen molar-refractivity contribution in [3.05, 3.63) is 23.5 Å². The van der Waals surface area contributed by atoms with Gasteiger partial charge in [-0.1, -0.05) is 0 Å². The smallest absolute Gasteiger partial charge is 0.218 e. The fourth-order valence-corrected chi connectivity index (χ4v) is 1.14. The Labute approximate surface area is 63.4 Å². The molecule has 2 heterocycles. The van der Waals surface area contributed by atoms with Crippen molar-refractivity contribution >= 4 is 0 Å². The van der Waals surface area contributed by atoms with Gasteiger partial charge in [-0.2, -0.15) is 0 Å². The molecule has 2 N–H and O–H groups in total. The van der Waals surface area contributed by atoms with E-state index in [1.54, 1.807) is 6.08 Å². The van der Waals surface area contributed by atoms with Crippen LogP contribution in [0.4, 0.5) is 0 Å². The van der Waals surface area contributed by atoms with Gasteiger partial charge in [-0.15, -0.1) is 0 Å². The SMILES string of the molecule is OC1C=C2C(=CCOC2O)O1. The van der Waals surface area contributed by atoms with Gasteiger partial charge >= 0.3 is 0 Å². The monoisotopic (exact) mass is 156 g/mol. The second kappa shape index (κ2) is 2.34. The van der Waals surface area contributed by atoms with Gasteiger partial charge in [-0.05, 0) is 12.2 Å². The molecular weight excluding hydrogens is 148 g/mol. The Bertz CT molecular complexity index is 231. The predicted molar refractivity (Wildman–Crippen MR) is 35.2 cm³/mol. The van der Waals surface area contributed by atoms with Crippen molar-refractivity contribution in [3.8, 4) is 0 Å². The van der Waals surface area contributed by atoms with Gasteiger partial charge in [0.25, 0.3) is 0 Å². The summed E-state index contributed by atoms with van der Waals surface area (Å²) in [6.45, 7) is 0.320. The second-order valence-electron chi connectivity index (χ2n) is 2.38. The van der Waals surface area contributed by atoms with Crippen LogP contribution < -0.4 is 0 Å². The van der Waals surface area contributed by atoms with Gasteiger partial charge in [0.2, 0.25) is 6.29 Å². The second-order valence-corrected chi connectivity index (χ2v) is 2.38. The highest BCUT2D eigenvalue weighted by Gasteiger charge is 2.28. The Morgan fingerprint density at radius 1 is 1.45 bits per heavy atom. The summed E-state index contributed by atoms with van der Waals surface area (Å²) in [6, 6.07) is 0. The lowest BCUT2D eigenvalue weighted by atomic mass is 10.2. The lowest BCUT2D eigenvalue weighted by molar-refractivity contribution is -0.0721. The minimum Gasteiger partial charge on any atom is -0.461 e. The third-order valence-electron chi connectivity index (χ3n) is 1.64. The highest BCUT2D eigenvalue weighted by atomic mass is 16.6. The zero-order valence-electron chi connectivity index (χ0n) is 5.73. The molecule has 2 rings (SSSR count). The zero-order chi connectivity index (χ0) is 7.84. The van der Waals surface area contributed by atoms with Crippen LogP contribution in [0.1, 0.15) is 0 Å². The van der Waals surface area contributed by atoms with E-state index in [0.29, 0.717) is 17.9 Å². The summed E-state index contributed by atoms with van der Waals surface area (Å²) in [4.78, 5) is 0. The van der Waals surface area contributed by atoms with Crippen LogP contribution in [0.25, 0.3) is 0 Å². The van der Waals surface area contributed by atoms with Gasteiger partial charge in [-0.25, -0.2) is 0 Å². The van der Waals surface area contributed by atoms with Crippen molar-refractivity contribution in [1.29, 1.82) is 0 Å². The molecule has 60 valence electrons. The van der Waals surface area contributed by atoms with Crippen molar-refractivity contribution in [2.45, 2.75) is 12.6 Å². The van der Waals surface area contributed by atoms with E-state index in [4.69, 9.17) is 14.6 Å². The molecule has 0 fully saturated rings. The average Bonchev–Trinajstić information content (AvgIpc) is 2.31. The van der Waals surface area contributed by atoms with Crippen LogP contribution in [0, 0.1) is 0 Å². The van der Waals surface area contributed by atoms with Gasteiger partial charge in [-0.3, -0.25) is 0 Å². The molecule has 0 aromatic rings. The molecular formula is C7H8O4. The van der Waals surface area contributed by atoms with Gasteiger partial charge in [0.1, 0.15) is 5.76 Å². The molecule has 0 aromatic carbocycles. The molecule has 0 spiro atoms. The van der Waals surface area contributed by atoms with E-state index in [0.717, 1.165) is 0 Å². The van der Waals surface area contributed by atoms with E-state index in [1.165, 1.54) is 6.08 Å². The number of ether oxygens (including phenoxy) is 2. The molecule has 2 atom stereocenters. The Hall–Kier alpha value is -0.840. The van der Waals surface area contributed by atoms with Gasteiger partial charge in [0, 0.05) is 0 Å². The van der Waals surface area contributed by atoms with Crippen LogP contribution in [0.15, 0.2) is 23.5 Å². The standard InChI is InChI=1S/C7H8O4/c8-6-3-4-5(11-6)1-2-10-7(4)9/h1,3,6-9H,2H2. The predicted octanol–water partition coefficient (Wildman–Crippen LogP) is -0.506. The zero-order valence-corrected chi connectivity index (χ0v) is 5.73. The molecule has 4 nitrogen and oxygen atoms in total. The van der Waals surface area contributed by atoms with Crippen LogP contribution in [0.2, 0.25) is 0 Å². The highest BCUT2D eigenvalue weighted by Crippen LogP contribution is 2.28. The first-order chi connectivity index (χ1) is 5.27. The fraction of sp³-hybridized carbons (Fsp3) is 0.429. The maximum Gasteiger partial charge on any atom is 0.218 e. The van der Waals surface area contributed by atoms with E-state index in [1.807, 2.05) is 0 Å². The number of aliphatic hydroxyl groups excluding tert-OH is 2. The van der Waals surface area contributed by atoms with E-state index in [2.05, 4.69) is 0 Å². The van der Waals surface area contributed by atoms with E-state index in [-0.39, 0.29) is 0 Å². The summed E-state index contributed by atoms with van der Waals surface area (Å²) >= 11 is 0. The molecule has 2 aliphatic heterocycles. The van der Waals surface area contributed by atoms with Crippen molar-refractivity contribution in [2.24, 2.45) is 0 Å². The summed E-state index contributed by atoms with van der Waals surface area (Å²) in [6.07, 6.45) is 1.21. The Morgan fingerprint density at radius 2 is 2.27 bits per heavy atom. The summed E-state index contributed by atoms with van der Waals surface area (Å²) in [7, 11) is 0. The third-order valence-corrected chi connectivity index (χ3v) is 1.64. The van der Waals surface area contributed by atoms with Crippen LogP contribution in [0.3, 0.4) is 0 Å². The number of rotatable bonds is 0. The maximum absolute atomic E-state index is 9.17. The minimum atomic E-state index is -0.952. The molecule has 0 saturated carbocycles. The quantitative estimate of drug-likeness (QED) is 0.496.